The van der Waals surface area contributed by atoms with E-state index in [1.807, 2.05) is 0 Å². The van der Waals surface area contributed by atoms with Crippen molar-refractivity contribution in [3.05, 3.63) is 75.3 Å². The minimum absolute atomic E-state index is 0.0467. The van der Waals surface area contributed by atoms with Crippen molar-refractivity contribution in [3.63, 3.8) is 0 Å². The van der Waals surface area contributed by atoms with E-state index >= 15 is 0 Å². The highest BCUT2D eigenvalue weighted by molar-refractivity contribution is 6.36. The molecule has 2 aromatic carbocycles. The number of aliphatic imine (C=N–C) groups is 1. The summed E-state index contributed by atoms with van der Waals surface area (Å²) in [6.07, 6.45) is -3.43. The highest BCUT2D eigenvalue weighted by Crippen LogP contribution is 2.35. The summed E-state index contributed by atoms with van der Waals surface area (Å²) in [5, 5.41) is 15.7. The molecule has 1 N–H and O–H groups in total. The Balaban J connectivity index is 1.80. The van der Waals surface area contributed by atoms with Crippen molar-refractivity contribution in [2.24, 2.45) is 10.1 Å². The molecule has 0 aromatic heterocycles. The SMILES string of the molecule is O=C(O)C1=NN2C(c3cc(Cl)cc(Cl)c3)=CC(c3ccc(C(F)(F)F)cc3)=NC2C1. The number of fused-ring (bicyclic) bond motifs is 1. The molecule has 2 heterocycles. The third-order valence-electron chi connectivity index (χ3n) is 4.61. The highest BCUT2D eigenvalue weighted by Gasteiger charge is 2.36. The summed E-state index contributed by atoms with van der Waals surface area (Å²) in [5.41, 5.74) is 1.08. The number of hydrogen-bond acceptors (Lipinski definition) is 4. The number of aliphatic carboxylic acids is 1. The number of carbonyl (C=O) groups is 1. The normalized spacial score (nSPS) is 18.5. The maximum absolute atomic E-state index is 12.9. The van der Waals surface area contributed by atoms with Gasteiger partial charge in [0, 0.05) is 22.0 Å². The second kappa shape index (κ2) is 7.45. The molecule has 0 bridgehead atoms. The number of halogens is 5. The monoisotopic (exact) mass is 453 g/mol. The molecule has 10 heteroatoms. The largest absolute Gasteiger partial charge is 0.477 e. The lowest BCUT2D eigenvalue weighted by Crippen LogP contribution is -2.29. The summed E-state index contributed by atoms with van der Waals surface area (Å²) in [4.78, 5) is 15.9. The van der Waals surface area contributed by atoms with E-state index in [1.54, 1.807) is 24.3 Å². The van der Waals surface area contributed by atoms with Crippen LogP contribution in [0, 0.1) is 0 Å². The van der Waals surface area contributed by atoms with Gasteiger partial charge in [-0.3, -0.25) is 4.99 Å². The van der Waals surface area contributed by atoms with Crippen LogP contribution in [0.3, 0.4) is 0 Å². The molecule has 0 radical (unpaired) electrons. The Hall–Kier alpha value is -2.84. The standard InChI is InChI=1S/C20H12Cl2F3N3O2/c21-13-5-11(6-14(22)7-13)17-8-15(10-1-3-12(4-2-10)20(23,24)25)26-18-9-16(19(29)30)27-28(17)18/h1-8,18H,9H2,(H,29,30). The number of carboxylic acid groups (broad SMARTS) is 1. The Morgan fingerprint density at radius 1 is 1.07 bits per heavy atom. The average Bonchev–Trinajstić information content (AvgIpc) is 3.10. The first-order valence-corrected chi connectivity index (χ1v) is 9.41. The van der Waals surface area contributed by atoms with Crippen molar-refractivity contribution in [2.75, 3.05) is 0 Å². The Bertz CT molecular complexity index is 1100. The maximum atomic E-state index is 12.9. The Morgan fingerprint density at radius 3 is 2.27 bits per heavy atom. The van der Waals surface area contributed by atoms with Crippen molar-refractivity contribution in [3.8, 4) is 0 Å². The van der Waals surface area contributed by atoms with Crippen molar-refractivity contribution in [2.45, 2.75) is 18.8 Å². The molecule has 0 saturated carbocycles. The molecule has 0 aliphatic carbocycles. The summed E-state index contributed by atoms with van der Waals surface area (Å²) >= 11 is 12.2. The van der Waals surface area contributed by atoms with E-state index in [-0.39, 0.29) is 12.1 Å². The fourth-order valence-corrected chi connectivity index (χ4v) is 3.77. The number of carboxylic acids is 1. The molecule has 2 aliphatic heterocycles. The Kier molecular flexibility index (Phi) is 5.07. The predicted molar refractivity (Wildman–Crippen MR) is 108 cm³/mol. The first kappa shape index (κ1) is 20.4. The molecule has 0 amide bonds. The van der Waals surface area contributed by atoms with Crippen LogP contribution in [0.2, 0.25) is 10.0 Å². The van der Waals surface area contributed by atoms with E-state index in [9.17, 15) is 23.1 Å². The van der Waals surface area contributed by atoms with Gasteiger partial charge in [0.25, 0.3) is 0 Å². The minimum atomic E-state index is -4.45. The van der Waals surface area contributed by atoms with Gasteiger partial charge in [-0.25, -0.2) is 9.80 Å². The first-order valence-electron chi connectivity index (χ1n) is 8.65. The molecule has 0 fully saturated rings. The van der Waals surface area contributed by atoms with E-state index in [2.05, 4.69) is 10.1 Å². The van der Waals surface area contributed by atoms with Crippen LogP contribution in [-0.4, -0.2) is 33.7 Å². The highest BCUT2D eigenvalue weighted by atomic mass is 35.5. The minimum Gasteiger partial charge on any atom is -0.477 e. The van der Waals surface area contributed by atoms with E-state index in [4.69, 9.17) is 23.2 Å². The zero-order valence-electron chi connectivity index (χ0n) is 15.0. The molecule has 1 unspecified atom stereocenters. The van der Waals surface area contributed by atoms with E-state index < -0.39 is 23.9 Å². The van der Waals surface area contributed by atoms with Gasteiger partial charge < -0.3 is 5.11 Å². The van der Waals surface area contributed by atoms with E-state index in [0.29, 0.717) is 32.6 Å². The summed E-state index contributed by atoms with van der Waals surface area (Å²) in [7, 11) is 0. The molecule has 2 aromatic rings. The molecule has 4 rings (SSSR count). The van der Waals surface area contributed by atoms with E-state index in [0.717, 1.165) is 12.1 Å². The molecule has 2 aliphatic rings. The number of rotatable bonds is 3. The fourth-order valence-electron chi connectivity index (χ4n) is 3.24. The number of benzene rings is 2. The number of nitrogens with zero attached hydrogens (tertiary/aromatic N) is 3. The number of alkyl halides is 3. The quantitative estimate of drug-likeness (QED) is 0.682. The topological polar surface area (TPSA) is 65.3 Å². The van der Waals surface area contributed by atoms with Crippen LogP contribution in [-0.2, 0) is 11.0 Å². The lowest BCUT2D eigenvalue weighted by atomic mass is 10.0. The molecular formula is C20H12Cl2F3N3O2. The van der Waals surface area contributed by atoms with Gasteiger partial charge in [0.1, 0.15) is 11.9 Å². The average molecular weight is 454 g/mol. The zero-order valence-corrected chi connectivity index (χ0v) is 16.5. The molecule has 154 valence electrons. The zero-order chi connectivity index (χ0) is 21.6. The predicted octanol–water partition coefficient (Wildman–Crippen LogP) is 5.33. The van der Waals surface area contributed by atoms with Crippen LogP contribution in [0.1, 0.15) is 23.1 Å². The molecule has 5 nitrogen and oxygen atoms in total. The molecule has 0 saturated heterocycles. The summed E-state index contributed by atoms with van der Waals surface area (Å²) in [6.45, 7) is 0. The van der Waals surface area contributed by atoms with Crippen LogP contribution < -0.4 is 0 Å². The lowest BCUT2D eigenvalue weighted by molar-refractivity contribution is -0.137. The third kappa shape index (κ3) is 3.93. The van der Waals surface area contributed by atoms with Crippen molar-refractivity contribution in [1.29, 1.82) is 0 Å². The number of hydrogen-bond donors (Lipinski definition) is 1. The van der Waals surface area contributed by atoms with Gasteiger partial charge in [0.15, 0.2) is 0 Å². The summed E-state index contributed by atoms with van der Waals surface area (Å²) < 4.78 is 38.6. The summed E-state index contributed by atoms with van der Waals surface area (Å²) in [6, 6.07) is 9.42. The van der Waals surface area contributed by atoms with Crippen LogP contribution >= 0.6 is 23.2 Å². The van der Waals surface area contributed by atoms with Gasteiger partial charge >= 0.3 is 12.1 Å². The van der Waals surface area contributed by atoms with Crippen LogP contribution in [0.5, 0.6) is 0 Å². The van der Waals surface area contributed by atoms with Crippen molar-refractivity contribution in [1.82, 2.24) is 5.01 Å². The fraction of sp³-hybridized carbons (Fsp3) is 0.150. The van der Waals surface area contributed by atoms with Gasteiger partial charge in [-0.2, -0.15) is 18.3 Å². The second-order valence-electron chi connectivity index (χ2n) is 6.66. The molecule has 1 atom stereocenters. The molecule has 0 spiro atoms. The van der Waals surface area contributed by atoms with Gasteiger partial charge in [0.05, 0.1) is 17.0 Å². The van der Waals surface area contributed by atoms with Crippen LogP contribution in [0.4, 0.5) is 13.2 Å². The Morgan fingerprint density at radius 2 is 1.70 bits per heavy atom. The summed E-state index contributed by atoms with van der Waals surface area (Å²) in [5.74, 6) is -1.17. The number of hydrazone groups is 1. The van der Waals surface area contributed by atoms with Crippen molar-refractivity contribution < 1.29 is 23.1 Å². The first-order chi connectivity index (χ1) is 14.1. The third-order valence-corrected chi connectivity index (χ3v) is 5.04. The van der Waals surface area contributed by atoms with Crippen LogP contribution in [0.15, 0.2) is 58.6 Å². The van der Waals surface area contributed by atoms with E-state index in [1.165, 1.54) is 17.1 Å². The smallest absolute Gasteiger partial charge is 0.416 e. The second-order valence-corrected chi connectivity index (χ2v) is 7.53. The molecule has 30 heavy (non-hydrogen) atoms. The van der Waals surface area contributed by atoms with Gasteiger partial charge in [-0.05, 0) is 42.0 Å². The molecular weight excluding hydrogens is 442 g/mol. The Labute approximate surface area is 178 Å². The van der Waals surface area contributed by atoms with Gasteiger partial charge in [-0.1, -0.05) is 35.3 Å². The van der Waals surface area contributed by atoms with Gasteiger partial charge in [0.2, 0.25) is 0 Å². The van der Waals surface area contributed by atoms with Gasteiger partial charge in [-0.15, -0.1) is 0 Å². The van der Waals surface area contributed by atoms with Crippen LogP contribution in [0.25, 0.3) is 5.70 Å². The lowest BCUT2D eigenvalue weighted by Gasteiger charge is -2.28. The maximum Gasteiger partial charge on any atom is 0.416 e. The van der Waals surface area contributed by atoms with Crippen molar-refractivity contribution >= 4 is 46.3 Å². The number of allylic oxidation sites excluding steroid dienone is 1.